The molecule has 0 unspecified atom stereocenters. The van der Waals surface area contributed by atoms with Crippen LogP contribution in [-0.2, 0) is 10.0 Å². The number of ether oxygens (including phenoxy) is 1. The van der Waals surface area contributed by atoms with Gasteiger partial charge in [-0.3, -0.25) is 9.52 Å². The van der Waals surface area contributed by atoms with Gasteiger partial charge in [-0.2, -0.15) is 0 Å². The van der Waals surface area contributed by atoms with E-state index in [2.05, 4.69) is 10.0 Å². The molecule has 0 saturated carbocycles. The summed E-state index contributed by atoms with van der Waals surface area (Å²) in [6.07, 6.45) is 0. The zero-order chi connectivity index (χ0) is 22.9. The van der Waals surface area contributed by atoms with E-state index in [0.717, 1.165) is 5.39 Å². The van der Waals surface area contributed by atoms with Gasteiger partial charge < -0.3 is 14.5 Å². The van der Waals surface area contributed by atoms with Crippen molar-refractivity contribution in [3.63, 3.8) is 0 Å². The lowest BCUT2D eigenvalue weighted by Crippen LogP contribution is -2.16. The average Bonchev–Trinajstić information content (AvgIpc) is 3.12. The van der Waals surface area contributed by atoms with Crippen LogP contribution in [0.4, 0.5) is 11.4 Å². The van der Waals surface area contributed by atoms with Gasteiger partial charge >= 0.3 is 0 Å². The van der Waals surface area contributed by atoms with Crippen LogP contribution >= 0.6 is 11.6 Å². The van der Waals surface area contributed by atoms with Gasteiger partial charge in [0.2, 0.25) is 0 Å². The molecule has 32 heavy (non-hydrogen) atoms. The van der Waals surface area contributed by atoms with Crippen molar-refractivity contribution in [2.45, 2.75) is 11.8 Å². The third-order valence-corrected chi connectivity index (χ3v) is 6.51. The molecule has 164 valence electrons. The quantitative estimate of drug-likeness (QED) is 0.390. The molecule has 0 bridgehead atoms. The Morgan fingerprint density at radius 3 is 2.38 bits per heavy atom. The van der Waals surface area contributed by atoms with E-state index in [9.17, 15) is 13.2 Å². The standard InChI is InChI=1S/C23H19ClN2O5S/c1-14-18-5-3-4-6-19(18)31-22(14)23(27)25-17-11-12-20(30-2)21(13-17)32(28,29)26-16-9-7-15(24)8-10-16/h3-13,26H,1-2H3,(H,25,27). The van der Waals surface area contributed by atoms with Crippen molar-refractivity contribution in [1.82, 2.24) is 0 Å². The molecule has 0 aliphatic carbocycles. The maximum absolute atomic E-state index is 13.0. The first kappa shape index (κ1) is 21.7. The highest BCUT2D eigenvalue weighted by Crippen LogP contribution is 2.30. The Labute approximate surface area is 190 Å². The molecular weight excluding hydrogens is 452 g/mol. The van der Waals surface area contributed by atoms with Crippen molar-refractivity contribution in [3.8, 4) is 5.75 Å². The summed E-state index contributed by atoms with van der Waals surface area (Å²) in [4.78, 5) is 12.7. The van der Waals surface area contributed by atoms with Crippen LogP contribution in [0.15, 0.2) is 76.0 Å². The highest BCUT2D eigenvalue weighted by Gasteiger charge is 2.22. The van der Waals surface area contributed by atoms with Gasteiger partial charge in [-0.1, -0.05) is 29.8 Å². The summed E-state index contributed by atoms with van der Waals surface area (Å²) in [6.45, 7) is 1.79. The smallest absolute Gasteiger partial charge is 0.291 e. The first-order valence-corrected chi connectivity index (χ1v) is 11.4. The fourth-order valence-electron chi connectivity index (χ4n) is 3.27. The summed E-state index contributed by atoms with van der Waals surface area (Å²) in [7, 11) is -2.65. The Kier molecular flexibility index (Phi) is 5.82. The number of fused-ring (bicyclic) bond motifs is 1. The second kappa shape index (κ2) is 8.57. The monoisotopic (exact) mass is 470 g/mol. The second-order valence-corrected chi connectivity index (χ2v) is 9.07. The first-order chi connectivity index (χ1) is 15.3. The fraction of sp³-hybridized carbons (Fsp3) is 0.0870. The van der Waals surface area contributed by atoms with Crippen molar-refractivity contribution in [2.24, 2.45) is 0 Å². The molecule has 3 aromatic carbocycles. The van der Waals surface area contributed by atoms with Crippen LogP contribution in [0, 0.1) is 6.92 Å². The van der Waals surface area contributed by atoms with Gasteiger partial charge in [0, 0.05) is 27.3 Å². The van der Waals surface area contributed by atoms with E-state index in [1.54, 1.807) is 43.3 Å². The van der Waals surface area contributed by atoms with Gasteiger partial charge in [-0.05, 0) is 55.5 Å². The summed E-state index contributed by atoms with van der Waals surface area (Å²) in [5.74, 6) is -0.201. The fourth-order valence-corrected chi connectivity index (χ4v) is 4.65. The molecule has 1 aromatic heterocycles. The van der Waals surface area contributed by atoms with Crippen LogP contribution in [0.2, 0.25) is 5.02 Å². The van der Waals surface area contributed by atoms with Gasteiger partial charge in [0.05, 0.1) is 7.11 Å². The second-order valence-electron chi connectivity index (χ2n) is 6.98. The largest absolute Gasteiger partial charge is 0.495 e. The lowest BCUT2D eigenvalue weighted by atomic mass is 10.1. The first-order valence-electron chi connectivity index (χ1n) is 9.54. The molecule has 1 amide bonds. The lowest BCUT2D eigenvalue weighted by Gasteiger charge is -2.13. The maximum atomic E-state index is 13.0. The van der Waals surface area contributed by atoms with Gasteiger partial charge in [0.1, 0.15) is 16.2 Å². The highest BCUT2D eigenvalue weighted by molar-refractivity contribution is 7.92. The van der Waals surface area contributed by atoms with E-state index in [1.807, 2.05) is 18.2 Å². The Hall–Kier alpha value is -3.49. The molecule has 7 nitrogen and oxygen atoms in total. The molecule has 0 radical (unpaired) electrons. The molecule has 0 aliphatic heterocycles. The van der Waals surface area contributed by atoms with E-state index < -0.39 is 15.9 Å². The summed E-state index contributed by atoms with van der Waals surface area (Å²) in [5.41, 5.74) is 1.90. The lowest BCUT2D eigenvalue weighted by molar-refractivity contribution is 0.0998. The van der Waals surface area contributed by atoms with Crippen molar-refractivity contribution < 1.29 is 22.4 Å². The topological polar surface area (TPSA) is 97.6 Å². The zero-order valence-corrected chi connectivity index (χ0v) is 18.8. The summed E-state index contributed by atoms with van der Waals surface area (Å²) in [5, 5.41) is 4.02. The minimum absolute atomic E-state index is 0.129. The number of sulfonamides is 1. The molecule has 4 aromatic rings. The number of benzene rings is 3. The Balaban J connectivity index is 1.64. The number of hydrogen-bond acceptors (Lipinski definition) is 5. The van der Waals surface area contributed by atoms with Crippen molar-refractivity contribution in [2.75, 3.05) is 17.1 Å². The van der Waals surface area contributed by atoms with Crippen LogP contribution < -0.4 is 14.8 Å². The molecule has 4 rings (SSSR count). The molecule has 1 heterocycles. The molecular formula is C23H19ClN2O5S. The number of carbonyl (C=O) groups is 1. The number of anilines is 2. The molecule has 0 fully saturated rings. The number of para-hydroxylation sites is 1. The number of furan rings is 1. The normalized spacial score (nSPS) is 11.3. The number of rotatable bonds is 6. The van der Waals surface area contributed by atoms with Crippen LogP contribution in [-0.4, -0.2) is 21.4 Å². The molecule has 0 spiro atoms. The number of hydrogen-bond donors (Lipinski definition) is 2. The summed E-state index contributed by atoms with van der Waals surface area (Å²) >= 11 is 5.86. The number of amides is 1. The van der Waals surface area contributed by atoms with E-state index in [1.165, 1.54) is 19.2 Å². The van der Waals surface area contributed by atoms with E-state index in [4.69, 9.17) is 20.8 Å². The van der Waals surface area contributed by atoms with E-state index >= 15 is 0 Å². The number of carbonyl (C=O) groups excluding carboxylic acids is 1. The molecule has 9 heteroatoms. The van der Waals surface area contributed by atoms with Gasteiger partial charge in [0.15, 0.2) is 5.76 Å². The zero-order valence-electron chi connectivity index (χ0n) is 17.2. The molecule has 0 saturated heterocycles. The Bertz CT molecular complexity index is 1410. The van der Waals surface area contributed by atoms with Crippen LogP contribution in [0.3, 0.4) is 0 Å². The van der Waals surface area contributed by atoms with Gasteiger partial charge in [0.25, 0.3) is 15.9 Å². The number of aryl methyl sites for hydroxylation is 1. The molecule has 0 aliphatic rings. The van der Waals surface area contributed by atoms with Gasteiger partial charge in [-0.15, -0.1) is 0 Å². The maximum Gasteiger partial charge on any atom is 0.291 e. The average molecular weight is 471 g/mol. The Morgan fingerprint density at radius 2 is 1.69 bits per heavy atom. The van der Waals surface area contributed by atoms with Crippen LogP contribution in [0.1, 0.15) is 16.1 Å². The van der Waals surface area contributed by atoms with Gasteiger partial charge in [-0.25, -0.2) is 8.42 Å². The summed E-state index contributed by atoms with van der Waals surface area (Å²) < 4.78 is 39.4. The SMILES string of the molecule is COc1ccc(NC(=O)c2oc3ccccc3c2C)cc1S(=O)(=O)Nc1ccc(Cl)cc1. The predicted octanol–water partition coefficient (Wildman–Crippen LogP) is 5.46. The van der Waals surface area contributed by atoms with E-state index in [0.29, 0.717) is 21.9 Å². The van der Waals surface area contributed by atoms with E-state index in [-0.39, 0.29) is 22.1 Å². The Morgan fingerprint density at radius 1 is 1.00 bits per heavy atom. The minimum Gasteiger partial charge on any atom is -0.495 e. The number of nitrogens with one attached hydrogen (secondary N) is 2. The van der Waals surface area contributed by atoms with Crippen molar-refractivity contribution in [1.29, 1.82) is 0 Å². The number of methoxy groups -OCH3 is 1. The summed E-state index contributed by atoms with van der Waals surface area (Å²) in [6, 6.07) is 17.9. The third-order valence-electron chi connectivity index (χ3n) is 4.86. The number of halogens is 1. The van der Waals surface area contributed by atoms with Crippen molar-refractivity contribution >= 4 is 49.9 Å². The predicted molar refractivity (Wildman–Crippen MR) is 124 cm³/mol. The van der Waals surface area contributed by atoms with Crippen LogP contribution in [0.5, 0.6) is 5.75 Å². The third kappa shape index (κ3) is 4.28. The highest BCUT2D eigenvalue weighted by atomic mass is 35.5. The molecule has 2 N–H and O–H groups in total. The molecule has 0 atom stereocenters. The minimum atomic E-state index is -4.01. The van der Waals surface area contributed by atoms with Crippen LogP contribution in [0.25, 0.3) is 11.0 Å². The van der Waals surface area contributed by atoms with Crippen molar-refractivity contribution in [3.05, 3.63) is 83.1 Å².